The number of fused-ring (bicyclic) bond motifs is 2. The first-order chi connectivity index (χ1) is 11.2. The van der Waals surface area contributed by atoms with Crippen LogP contribution in [-0.4, -0.2) is 17.2 Å². The van der Waals surface area contributed by atoms with Crippen LogP contribution in [0.25, 0.3) is 32.7 Å². The molecule has 0 aliphatic heterocycles. The first-order valence-electron chi connectivity index (χ1n) is 7.61. The molecule has 0 aliphatic rings. The number of hydrogen-bond donors (Lipinski definition) is 2. The van der Waals surface area contributed by atoms with Gasteiger partial charge in [-0.1, -0.05) is 72.8 Å². The Kier molecular flexibility index (Phi) is 3.38. The second-order valence-corrected chi connectivity index (χ2v) is 5.68. The number of benzene rings is 4. The average Bonchev–Trinajstić information content (AvgIpc) is 2.60. The molecule has 0 saturated carbocycles. The summed E-state index contributed by atoms with van der Waals surface area (Å²) >= 11 is 0. The molecule has 4 rings (SSSR count). The van der Waals surface area contributed by atoms with Crippen molar-refractivity contribution in [3.05, 3.63) is 78.9 Å². The summed E-state index contributed by atoms with van der Waals surface area (Å²) in [4.78, 5) is 0. The van der Waals surface area contributed by atoms with Crippen molar-refractivity contribution in [2.24, 2.45) is 0 Å². The minimum atomic E-state index is -1.47. The summed E-state index contributed by atoms with van der Waals surface area (Å²) in [5.41, 5.74) is 2.75. The highest BCUT2D eigenvalue weighted by Gasteiger charge is 2.16. The third-order valence-corrected chi connectivity index (χ3v) is 4.30. The summed E-state index contributed by atoms with van der Waals surface area (Å²) in [6.07, 6.45) is 0. The molecule has 0 aliphatic carbocycles. The summed E-state index contributed by atoms with van der Waals surface area (Å²) in [7, 11) is -1.47. The predicted octanol–water partition coefficient (Wildman–Crippen LogP) is 3.34. The molecule has 23 heavy (non-hydrogen) atoms. The van der Waals surface area contributed by atoms with Gasteiger partial charge < -0.3 is 10.0 Å². The highest BCUT2D eigenvalue weighted by atomic mass is 16.4. The lowest BCUT2D eigenvalue weighted by atomic mass is 9.76. The van der Waals surface area contributed by atoms with Gasteiger partial charge in [-0.25, -0.2) is 0 Å². The molecule has 2 nitrogen and oxygen atoms in total. The van der Waals surface area contributed by atoms with E-state index in [9.17, 15) is 10.0 Å². The molecule has 0 radical (unpaired) electrons. The molecule has 0 saturated heterocycles. The maximum atomic E-state index is 9.58. The average molecular weight is 298 g/mol. The monoisotopic (exact) mass is 298 g/mol. The first-order valence-corrected chi connectivity index (χ1v) is 7.61. The molecule has 4 aromatic carbocycles. The van der Waals surface area contributed by atoms with Crippen molar-refractivity contribution >= 4 is 34.1 Å². The summed E-state index contributed by atoms with van der Waals surface area (Å²) in [5.74, 6) is 0. The van der Waals surface area contributed by atoms with Crippen molar-refractivity contribution in [2.45, 2.75) is 0 Å². The molecular weight excluding hydrogens is 283 g/mol. The van der Waals surface area contributed by atoms with Crippen LogP contribution in [0.4, 0.5) is 0 Å². The van der Waals surface area contributed by atoms with Gasteiger partial charge in [0.25, 0.3) is 0 Å². The lowest BCUT2D eigenvalue weighted by molar-refractivity contribution is 0.426. The minimum absolute atomic E-state index is 0.533. The second-order valence-electron chi connectivity index (χ2n) is 5.68. The fraction of sp³-hybridized carbons (Fsp3) is 0. The zero-order chi connectivity index (χ0) is 15.8. The smallest absolute Gasteiger partial charge is 0.423 e. The Balaban J connectivity index is 1.99. The fourth-order valence-corrected chi connectivity index (χ4v) is 3.16. The van der Waals surface area contributed by atoms with E-state index in [1.54, 1.807) is 6.07 Å². The van der Waals surface area contributed by atoms with Crippen LogP contribution in [0.2, 0.25) is 0 Å². The summed E-state index contributed by atoms with van der Waals surface area (Å²) in [5, 5.41) is 23.5. The van der Waals surface area contributed by atoms with Gasteiger partial charge in [-0.05, 0) is 44.2 Å². The van der Waals surface area contributed by atoms with E-state index in [1.165, 1.54) is 10.8 Å². The van der Waals surface area contributed by atoms with Crippen molar-refractivity contribution in [3.8, 4) is 11.1 Å². The molecule has 0 atom stereocenters. The van der Waals surface area contributed by atoms with Gasteiger partial charge in [0.15, 0.2) is 0 Å². The van der Waals surface area contributed by atoms with Crippen LogP contribution in [0.3, 0.4) is 0 Å². The molecule has 110 valence electrons. The lowest BCUT2D eigenvalue weighted by Gasteiger charge is -2.12. The van der Waals surface area contributed by atoms with Gasteiger partial charge in [-0.3, -0.25) is 0 Å². The quantitative estimate of drug-likeness (QED) is 0.557. The highest BCUT2D eigenvalue weighted by molar-refractivity contribution is 6.62. The summed E-state index contributed by atoms with van der Waals surface area (Å²) in [6.45, 7) is 0. The molecule has 0 unspecified atom stereocenters. The van der Waals surface area contributed by atoms with Crippen molar-refractivity contribution in [1.82, 2.24) is 0 Å². The van der Waals surface area contributed by atoms with Gasteiger partial charge >= 0.3 is 7.12 Å². The SMILES string of the molecule is OB(O)c1ccc(-c2ccc3ccccc3c2)c2ccccc12. The van der Waals surface area contributed by atoms with Crippen molar-refractivity contribution in [2.75, 3.05) is 0 Å². The van der Waals surface area contributed by atoms with Gasteiger partial charge in [-0.2, -0.15) is 0 Å². The Morgan fingerprint density at radius 1 is 0.609 bits per heavy atom. The molecule has 2 N–H and O–H groups in total. The normalized spacial score (nSPS) is 11.0. The van der Waals surface area contributed by atoms with E-state index in [2.05, 4.69) is 30.3 Å². The van der Waals surface area contributed by atoms with Crippen LogP contribution >= 0.6 is 0 Å². The Labute approximate surface area is 134 Å². The summed E-state index contributed by atoms with van der Waals surface area (Å²) < 4.78 is 0. The molecule has 0 spiro atoms. The van der Waals surface area contributed by atoms with E-state index >= 15 is 0 Å². The van der Waals surface area contributed by atoms with Crippen LogP contribution in [0.5, 0.6) is 0 Å². The number of hydrogen-bond acceptors (Lipinski definition) is 2. The molecule has 3 heteroatoms. The van der Waals surface area contributed by atoms with E-state index in [-0.39, 0.29) is 0 Å². The summed E-state index contributed by atoms with van der Waals surface area (Å²) in [6, 6.07) is 26.3. The second kappa shape index (κ2) is 5.54. The molecule has 0 fully saturated rings. The molecule has 0 amide bonds. The molecule has 0 bridgehead atoms. The largest absolute Gasteiger partial charge is 0.489 e. The standard InChI is InChI=1S/C20H15BO2/c22-21(23)20-12-11-17(18-7-3-4-8-19(18)20)16-10-9-14-5-1-2-6-15(14)13-16/h1-13,22-23H. The van der Waals surface area contributed by atoms with E-state index in [4.69, 9.17) is 0 Å². The third-order valence-electron chi connectivity index (χ3n) is 4.30. The Morgan fingerprint density at radius 2 is 1.30 bits per heavy atom. The zero-order valence-corrected chi connectivity index (χ0v) is 12.5. The zero-order valence-electron chi connectivity index (χ0n) is 12.5. The van der Waals surface area contributed by atoms with Crippen LogP contribution in [0.15, 0.2) is 78.9 Å². The van der Waals surface area contributed by atoms with Crippen LogP contribution in [-0.2, 0) is 0 Å². The van der Waals surface area contributed by atoms with Gasteiger partial charge in [0.1, 0.15) is 0 Å². The molecule has 0 aromatic heterocycles. The first kappa shape index (κ1) is 14.0. The van der Waals surface area contributed by atoms with Crippen LogP contribution in [0.1, 0.15) is 0 Å². The Morgan fingerprint density at radius 3 is 2.09 bits per heavy atom. The maximum Gasteiger partial charge on any atom is 0.489 e. The van der Waals surface area contributed by atoms with Crippen molar-refractivity contribution < 1.29 is 10.0 Å². The van der Waals surface area contributed by atoms with E-state index in [1.807, 2.05) is 42.5 Å². The van der Waals surface area contributed by atoms with Gasteiger partial charge in [0.05, 0.1) is 0 Å². The molecule has 0 heterocycles. The lowest BCUT2D eigenvalue weighted by Crippen LogP contribution is -2.30. The van der Waals surface area contributed by atoms with Crippen LogP contribution in [0, 0.1) is 0 Å². The van der Waals surface area contributed by atoms with Crippen LogP contribution < -0.4 is 5.46 Å². The van der Waals surface area contributed by atoms with Crippen molar-refractivity contribution in [3.63, 3.8) is 0 Å². The van der Waals surface area contributed by atoms with Crippen molar-refractivity contribution in [1.29, 1.82) is 0 Å². The minimum Gasteiger partial charge on any atom is -0.423 e. The maximum absolute atomic E-state index is 9.58. The third kappa shape index (κ3) is 2.40. The van der Waals surface area contributed by atoms with Gasteiger partial charge in [0, 0.05) is 0 Å². The van der Waals surface area contributed by atoms with E-state index in [0.29, 0.717) is 5.46 Å². The van der Waals surface area contributed by atoms with E-state index < -0.39 is 7.12 Å². The molecular formula is C20H15BO2. The van der Waals surface area contributed by atoms with E-state index in [0.717, 1.165) is 21.9 Å². The van der Waals surface area contributed by atoms with Gasteiger partial charge in [-0.15, -0.1) is 0 Å². The topological polar surface area (TPSA) is 40.5 Å². The fourth-order valence-electron chi connectivity index (χ4n) is 3.16. The molecule has 4 aromatic rings. The Hall–Kier alpha value is -2.62. The number of rotatable bonds is 2. The Bertz CT molecular complexity index is 1010. The predicted molar refractivity (Wildman–Crippen MR) is 96.7 cm³/mol. The van der Waals surface area contributed by atoms with Gasteiger partial charge in [0.2, 0.25) is 0 Å². The highest BCUT2D eigenvalue weighted by Crippen LogP contribution is 2.30.